The highest BCUT2D eigenvalue weighted by Crippen LogP contribution is 2.45. The molecule has 1 aromatic carbocycles. The molecule has 0 radical (unpaired) electrons. The van der Waals surface area contributed by atoms with Gasteiger partial charge in [0, 0.05) is 18.7 Å². The number of likely N-dealkylation sites (tertiary alicyclic amines) is 1. The number of hydrogen-bond donors (Lipinski definition) is 0. The van der Waals surface area contributed by atoms with E-state index >= 15 is 0 Å². The van der Waals surface area contributed by atoms with Gasteiger partial charge in [-0.15, -0.1) is 0 Å². The van der Waals surface area contributed by atoms with Crippen LogP contribution in [0.1, 0.15) is 27.9 Å². The molecular weight excluding hydrogens is 198 g/mol. The van der Waals surface area contributed by atoms with E-state index in [-0.39, 0.29) is 5.91 Å². The number of fused-ring (bicyclic) bond motifs is 1. The molecule has 1 aromatic rings. The molecule has 0 aromatic heterocycles. The first-order valence-electron chi connectivity index (χ1n) is 6.01. The fourth-order valence-corrected chi connectivity index (χ4v) is 2.62. The standard InChI is InChI=1S/C14H17NO/c1-9-3-4-11(5-10(9)2)14(16)15-7-12-6-13(12)8-15/h3-5,12-13H,6-8H2,1-2H3. The smallest absolute Gasteiger partial charge is 0.253 e. The number of carbonyl (C=O) groups excluding carboxylic acids is 1. The van der Waals surface area contributed by atoms with E-state index in [1.54, 1.807) is 0 Å². The van der Waals surface area contributed by atoms with Gasteiger partial charge in [-0.2, -0.15) is 0 Å². The summed E-state index contributed by atoms with van der Waals surface area (Å²) in [4.78, 5) is 14.2. The zero-order valence-electron chi connectivity index (χ0n) is 9.86. The molecule has 1 amide bonds. The quantitative estimate of drug-likeness (QED) is 0.704. The molecule has 2 atom stereocenters. The van der Waals surface area contributed by atoms with Crippen LogP contribution in [0.25, 0.3) is 0 Å². The van der Waals surface area contributed by atoms with E-state index in [4.69, 9.17) is 0 Å². The van der Waals surface area contributed by atoms with E-state index in [0.29, 0.717) is 0 Å². The van der Waals surface area contributed by atoms with Crippen molar-refractivity contribution >= 4 is 5.91 Å². The molecule has 0 spiro atoms. The molecule has 2 nitrogen and oxygen atoms in total. The fraction of sp³-hybridized carbons (Fsp3) is 0.500. The van der Waals surface area contributed by atoms with Gasteiger partial charge >= 0.3 is 0 Å². The molecule has 1 saturated carbocycles. The maximum Gasteiger partial charge on any atom is 0.253 e. The molecular formula is C14H17NO. The van der Waals surface area contributed by atoms with Crippen LogP contribution in [-0.4, -0.2) is 23.9 Å². The molecule has 0 N–H and O–H groups in total. The third kappa shape index (κ3) is 1.53. The molecule has 2 aliphatic rings. The van der Waals surface area contributed by atoms with Gasteiger partial charge in [-0.3, -0.25) is 4.79 Å². The van der Waals surface area contributed by atoms with Crippen LogP contribution >= 0.6 is 0 Å². The van der Waals surface area contributed by atoms with Crippen LogP contribution in [0.4, 0.5) is 0 Å². The molecule has 3 rings (SSSR count). The van der Waals surface area contributed by atoms with Crippen LogP contribution in [-0.2, 0) is 0 Å². The van der Waals surface area contributed by atoms with Crippen LogP contribution in [0.2, 0.25) is 0 Å². The highest BCUT2D eigenvalue weighted by Gasteiger charge is 2.46. The van der Waals surface area contributed by atoms with Crippen LogP contribution in [0.15, 0.2) is 18.2 Å². The first-order chi connectivity index (χ1) is 7.65. The zero-order chi connectivity index (χ0) is 11.3. The largest absolute Gasteiger partial charge is 0.338 e. The third-order valence-corrected chi connectivity index (χ3v) is 4.02. The summed E-state index contributed by atoms with van der Waals surface area (Å²) in [6, 6.07) is 6.01. The number of hydrogen-bond acceptors (Lipinski definition) is 1. The van der Waals surface area contributed by atoms with Crippen LogP contribution in [0.5, 0.6) is 0 Å². The van der Waals surface area contributed by atoms with Crippen molar-refractivity contribution in [3.05, 3.63) is 34.9 Å². The zero-order valence-corrected chi connectivity index (χ0v) is 9.86. The maximum absolute atomic E-state index is 12.2. The number of nitrogens with zero attached hydrogens (tertiary/aromatic N) is 1. The summed E-state index contributed by atoms with van der Waals surface area (Å²) in [7, 11) is 0. The van der Waals surface area contributed by atoms with E-state index in [1.807, 2.05) is 23.1 Å². The van der Waals surface area contributed by atoms with Crippen molar-refractivity contribution in [1.29, 1.82) is 0 Å². The van der Waals surface area contributed by atoms with Gasteiger partial charge in [-0.05, 0) is 55.4 Å². The summed E-state index contributed by atoms with van der Waals surface area (Å²) in [5.41, 5.74) is 3.31. The minimum atomic E-state index is 0.218. The van der Waals surface area contributed by atoms with E-state index < -0.39 is 0 Å². The topological polar surface area (TPSA) is 20.3 Å². The second-order valence-corrected chi connectivity index (χ2v) is 5.27. The highest BCUT2D eigenvalue weighted by atomic mass is 16.2. The molecule has 1 heterocycles. The van der Waals surface area contributed by atoms with E-state index in [2.05, 4.69) is 13.8 Å². The van der Waals surface area contributed by atoms with Crippen molar-refractivity contribution in [2.45, 2.75) is 20.3 Å². The van der Waals surface area contributed by atoms with E-state index in [0.717, 1.165) is 30.5 Å². The Kier molecular flexibility index (Phi) is 2.06. The Balaban J connectivity index is 1.80. The molecule has 1 aliphatic heterocycles. The molecule has 1 aliphatic carbocycles. The Hall–Kier alpha value is -1.31. The molecule has 2 fully saturated rings. The number of aryl methyl sites for hydroxylation is 2. The summed E-state index contributed by atoms with van der Waals surface area (Å²) in [5.74, 6) is 1.85. The van der Waals surface area contributed by atoms with Gasteiger partial charge in [0.1, 0.15) is 0 Å². The van der Waals surface area contributed by atoms with Crippen molar-refractivity contribution in [2.24, 2.45) is 11.8 Å². The van der Waals surface area contributed by atoms with Crippen molar-refractivity contribution in [3.63, 3.8) is 0 Å². The number of benzene rings is 1. The lowest BCUT2D eigenvalue weighted by molar-refractivity contribution is 0.0775. The molecule has 1 saturated heterocycles. The Bertz CT molecular complexity index is 442. The summed E-state index contributed by atoms with van der Waals surface area (Å²) in [6.45, 7) is 6.11. The van der Waals surface area contributed by atoms with Gasteiger partial charge in [-0.1, -0.05) is 6.07 Å². The third-order valence-electron chi connectivity index (χ3n) is 4.02. The summed E-state index contributed by atoms with van der Waals surface area (Å²) >= 11 is 0. The van der Waals surface area contributed by atoms with E-state index in [9.17, 15) is 4.79 Å². The van der Waals surface area contributed by atoms with Gasteiger partial charge in [0.15, 0.2) is 0 Å². The van der Waals surface area contributed by atoms with Gasteiger partial charge in [0.25, 0.3) is 5.91 Å². The Labute approximate surface area is 96.3 Å². The second-order valence-electron chi connectivity index (χ2n) is 5.27. The lowest BCUT2D eigenvalue weighted by Crippen LogP contribution is -2.30. The lowest BCUT2D eigenvalue weighted by Gasteiger charge is -2.18. The Morgan fingerprint density at radius 2 is 1.88 bits per heavy atom. The predicted molar refractivity (Wildman–Crippen MR) is 63.4 cm³/mol. The van der Waals surface area contributed by atoms with Crippen molar-refractivity contribution in [3.8, 4) is 0 Å². The Morgan fingerprint density at radius 1 is 1.19 bits per heavy atom. The SMILES string of the molecule is Cc1ccc(C(=O)N2CC3CC3C2)cc1C. The number of amides is 1. The van der Waals surface area contributed by atoms with Crippen LogP contribution in [0.3, 0.4) is 0 Å². The number of piperidine rings is 1. The molecule has 0 bridgehead atoms. The van der Waals surface area contributed by atoms with Gasteiger partial charge in [0.05, 0.1) is 0 Å². The Morgan fingerprint density at radius 3 is 2.50 bits per heavy atom. The molecule has 2 heteroatoms. The summed E-state index contributed by atoms with van der Waals surface area (Å²) < 4.78 is 0. The normalized spacial score (nSPS) is 26.8. The fourth-order valence-electron chi connectivity index (χ4n) is 2.62. The average molecular weight is 215 g/mol. The minimum Gasteiger partial charge on any atom is -0.338 e. The molecule has 2 unspecified atom stereocenters. The van der Waals surface area contributed by atoms with Gasteiger partial charge < -0.3 is 4.90 Å². The number of rotatable bonds is 1. The minimum absolute atomic E-state index is 0.218. The second kappa shape index (κ2) is 3.34. The number of carbonyl (C=O) groups is 1. The van der Waals surface area contributed by atoms with Crippen LogP contribution < -0.4 is 0 Å². The lowest BCUT2D eigenvalue weighted by atomic mass is 10.1. The summed E-state index contributed by atoms with van der Waals surface area (Å²) in [6.07, 6.45) is 1.34. The monoisotopic (exact) mass is 215 g/mol. The van der Waals surface area contributed by atoms with Crippen LogP contribution in [0, 0.1) is 25.7 Å². The van der Waals surface area contributed by atoms with E-state index in [1.165, 1.54) is 17.5 Å². The van der Waals surface area contributed by atoms with Crippen molar-refractivity contribution < 1.29 is 4.79 Å². The van der Waals surface area contributed by atoms with Crippen molar-refractivity contribution in [2.75, 3.05) is 13.1 Å². The molecule has 84 valence electrons. The predicted octanol–water partition coefficient (Wildman–Crippen LogP) is 2.40. The first kappa shape index (κ1) is 9.88. The summed E-state index contributed by atoms with van der Waals surface area (Å²) in [5, 5.41) is 0. The molecule has 16 heavy (non-hydrogen) atoms. The van der Waals surface area contributed by atoms with Gasteiger partial charge in [-0.25, -0.2) is 0 Å². The average Bonchev–Trinajstić information content (AvgIpc) is 2.89. The first-order valence-corrected chi connectivity index (χ1v) is 6.01. The van der Waals surface area contributed by atoms with Crippen molar-refractivity contribution in [1.82, 2.24) is 4.90 Å². The highest BCUT2D eigenvalue weighted by molar-refractivity contribution is 5.94. The van der Waals surface area contributed by atoms with Gasteiger partial charge in [0.2, 0.25) is 0 Å². The maximum atomic E-state index is 12.2.